The highest BCUT2D eigenvalue weighted by atomic mass is 19.3. The number of nitrogens with one attached hydrogen (secondary N) is 1. The number of methoxy groups -OCH3 is 1. The molecule has 5 nitrogen and oxygen atoms in total. The summed E-state index contributed by atoms with van der Waals surface area (Å²) in [6.45, 7) is 3.03. The van der Waals surface area contributed by atoms with Gasteiger partial charge in [0.25, 0.3) is 11.8 Å². The Morgan fingerprint density at radius 3 is 2.44 bits per heavy atom. The van der Waals surface area contributed by atoms with Crippen LogP contribution in [0.25, 0.3) is 11.0 Å². The van der Waals surface area contributed by atoms with E-state index in [1.54, 1.807) is 24.3 Å². The summed E-state index contributed by atoms with van der Waals surface area (Å²) < 4.78 is 70.3. The lowest BCUT2D eigenvalue weighted by molar-refractivity contribution is -0.228. The predicted octanol–water partition coefficient (Wildman–Crippen LogP) is 4.87. The molecule has 0 spiro atoms. The summed E-state index contributed by atoms with van der Waals surface area (Å²) in [4.78, 5) is 12.9. The second-order valence-corrected chi connectivity index (χ2v) is 8.57. The molecule has 3 aromatic rings. The molecule has 2 N–H and O–H groups in total. The van der Waals surface area contributed by atoms with E-state index in [2.05, 4.69) is 5.32 Å². The van der Waals surface area contributed by atoms with Gasteiger partial charge in [-0.25, -0.2) is 13.2 Å². The van der Waals surface area contributed by atoms with Crippen LogP contribution in [0.4, 0.5) is 17.6 Å². The van der Waals surface area contributed by atoms with Crippen molar-refractivity contribution in [3.8, 4) is 5.75 Å². The molecular formula is C23H21F4NO4. The molecule has 2 unspecified atom stereocenters. The number of fused-ring (bicyclic) bond motifs is 2. The van der Waals surface area contributed by atoms with Crippen molar-refractivity contribution in [3.63, 3.8) is 0 Å². The normalized spacial score (nSPS) is 23.6. The molecular weight excluding hydrogens is 430 g/mol. The van der Waals surface area contributed by atoms with E-state index < -0.39 is 46.3 Å². The van der Waals surface area contributed by atoms with Gasteiger partial charge in [0.2, 0.25) is 5.82 Å². The quantitative estimate of drug-likeness (QED) is 0.558. The van der Waals surface area contributed by atoms with Crippen LogP contribution in [-0.4, -0.2) is 29.6 Å². The van der Waals surface area contributed by atoms with Crippen molar-refractivity contribution in [2.75, 3.05) is 7.11 Å². The molecule has 4 rings (SSSR count). The SMILES string of the molecule is COc1c(F)c(F)cc2c1C(C)(C)C(F)(F)C(C)(O)C2NC(=O)c1cc2ccccc2o1. The molecule has 0 saturated carbocycles. The molecule has 2 aromatic carbocycles. The molecule has 32 heavy (non-hydrogen) atoms. The number of hydrogen-bond acceptors (Lipinski definition) is 4. The van der Waals surface area contributed by atoms with Gasteiger partial charge < -0.3 is 19.6 Å². The number of carbonyl (C=O) groups excluding carboxylic acids is 1. The van der Waals surface area contributed by atoms with Crippen molar-refractivity contribution < 1.29 is 36.6 Å². The van der Waals surface area contributed by atoms with Gasteiger partial charge in [0, 0.05) is 10.9 Å². The van der Waals surface area contributed by atoms with Crippen LogP contribution in [-0.2, 0) is 5.41 Å². The molecule has 0 radical (unpaired) electrons. The summed E-state index contributed by atoms with van der Waals surface area (Å²) in [5.41, 5.74) is -5.18. The number of alkyl halides is 2. The van der Waals surface area contributed by atoms with Crippen LogP contribution in [0, 0.1) is 11.6 Å². The van der Waals surface area contributed by atoms with Crippen molar-refractivity contribution in [1.82, 2.24) is 5.32 Å². The lowest BCUT2D eigenvalue weighted by Gasteiger charge is -2.52. The van der Waals surface area contributed by atoms with Crippen molar-refractivity contribution in [3.05, 3.63) is 64.9 Å². The van der Waals surface area contributed by atoms with Crippen LogP contribution >= 0.6 is 0 Å². The summed E-state index contributed by atoms with van der Waals surface area (Å²) in [7, 11) is 1.03. The minimum absolute atomic E-state index is 0.189. The lowest BCUT2D eigenvalue weighted by atomic mass is 9.61. The van der Waals surface area contributed by atoms with Crippen LogP contribution < -0.4 is 10.1 Å². The van der Waals surface area contributed by atoms with Crippen LogP contribution in [0.3, 0.4) is 0 Å². The zero-order valence-electron chi connectivity index (χ0n) is 17.7. The van der Waals surface area contributed by atoms with Crippen LogP contribution in [0.2, 0.25) is 0 Å². The Labute approximate surface area is 181 Å². The number of ether oxygens (including phenoxy) is 1. The second kappa shape index (κ2) is 6.96. The predicted molar refractivity (Wildman–Crippen MR) is 108 cm³/mol. The van der Waals surface area contributed by atoms with Gasteiger partial charge in [-0.05, 0) is 44.5 Å². The number of halogens is 4. The van der Waals surface area contributed by atoms with E-state index in [0.717, 1.165) is 27.9 Å². The summed E-state index contributed by atoms with van der Waals surface area (Å²) in [6.07, 6.45) is 0. The summed E-state index contributed by atoms with van der Waals surface area (Å²) in [6, 6.07) is 7.05. The number of hydrogen-bond donors (Lipinski definition) is 2. The smallest absolute Gasteiger partial charge is 0.287 e. The van der Waals surface area contributed by atoms with Crippen molar-refractivity contribution in [2.45, 2.75) is 43.8 Å². The minimum atomic E-state index is -3.88. The highest BCUT2D eigenvalue weighted by molar-refractivity contribution is 5.96. The number of carbonyl (C=O) groups is 1. The Bertz CT molecular complexity index is 1200. The van der Waals surface area contributed by atoms with E-state index in [4.69, 9.17) is 9.15 Å². The first kappa shape index (κ1) is 22.1. The number of rotatable bonds is 3. The first-order valence-corrected chi connectivity index (χ1v) is 9.80. The van der Waals surface area contributed by atoms with Crippen molar-refractivity contribution >= 4 is 16.9 Å². The topological polar surface area (TPSA) is 71.7 Å². The molecule has 1 aliphatic rings. The molecule has 0 saturated heterocycles. The third kappa shape index (κ3) is 2.83. The number of aliphatic hydroxyl groups is 1. The molecule has 1 heterocycles. The van der Waals surface area contributed by atoms with Crippen LogP contribution in [0.1, 0.15) is 48.5 Å². The summed E-state index contributed by atoms with van der Waals surface area (Å²) in [5, 5.41) is 13.9. The Morgan fingerprint density at radius 1 is 1.16 bits per heavy atom. The van der Waals surface area contributed by atoms with Gasteiger partial charge in [-0.15, -0.1) is 0 Å². The van der Waals surface area contributed by atoms with E-state index in [9.17, 15) is 18.7 Å². The maximum Gasteiger partial charge on any atom is 0.287 e. The fraction of sp³-hybridized carbons (Fsp3) is 0.348. The zero-order valence-corrected chi connectivity index (χ0v) is 17.7. The van der Waals surface area contributed by atoms with E-state index in [1.165, 1.54) is 6.07 Å². The van der Waals surface area contributed by atoms with Gasteiger partial charge in [0.15, 0.2) is 22.9 Å². The number of furan rings is 1. The van der Waals surface area contributed by atoms with E-state index in [1.807, 2.05) is 0 Å². The molecule has 0 bridgehead atoms. The Kier molecular flexibility index (Phi) is 4.82. The lowest BCUT2D eigenvalue weighted by Crippen LogP contribution is -2.66. The van der Waals surface area contributed by atoms with Crippen molar-refractivity contribution in [2.24, 2.45) is 0 Å². The zero-order chi connectivity index (χ0) is 23.6. The van der Waals surface area contributed by atoms with Crippen LogP contribution in [0.5, 0.6) is 5.75 Å². The third-order valence-corrected chi connectivity index (χ3v) is 6.25. The molecule has 9 heteroatoms. The van der Waals surface area contributed by atoms with Gasteiger partial charge in [-0.2, -0.15) is 4.39 Å². The fourth-order valence-corrected chi connectivity index (χ4v) is 4.47. The van der Waals surface area contributed by atoms with Gasteiger partial charge >= 0.3 is 0 Å². The molecule has 1 aliphatic carbocycles. The first-order chi connectivity index (χ1) is 14.8. The number of amides is 1. The molecule has 170 valence electrons. The monoisotopic (exact) mass is 451 g/mol. The maximum atomic E-state index is 15.6. The fourth-order valence-electron chi connectivity index (χ4n) is 4.47. The maximum absolute atomic E-state index is 15.6. The average molecular weight is 451 g/mol. The summed E-state index contributed by atoms with van der Waals surface area (Å²) in [5.74, 6) is -8.47. The Balaban J connectivity index is 1.89. The van der Waals surface area contributed by atoms with E-state index in [0.29, 0.717) is 17.0 Å². The molecule has 0 aliphatic heterocycles. The third-order valence-electron chi connectivity index (χ3n) is 6.25. The number of benzene rings is 2. The molecule has 1 amide bonds. The standard InChI is InChI=1S/C23H21F4NO4/c1-21(2)16-12(10-13(24)17(25)18(16)31-4)19(22(3,30)23(21,26)27)28-20(29)15-9-11-7-5-6-8-14(11)32-15/h5-10,19,30H,1-4H3,(H,28,29). The van der Waals surface area contributed by atoms with Crippen molar-refractivity contribution in [1.29, 1.82) is 0 Å². The summed E-state index contributed by atoms with van der Waals surface area (Å²) >= 11 is 0. The largest absolute Gasteiger partial charge is 0.493 e. The molecule has 2 atom stereocenters. The first-order valence-electron chi connectivity index (χ1n) is 9.80. The molecule has 1 aromatic heterocycles. The van der Waals surface area contributed by atoms with Crippen LogP contribution in [0.15, 0.2) is 40.8 Å². The van der Waals surface area contributed by atoms with E-state index >= 15 is 8.78 Å². The highest BCUT2D eigenvalue weighted by Crippen LogP contribution is 2.59. The van der Waals surface area contributed by atoms with Gasteiger partial charge in [-0.1, -0.05) is 18.2 Å². The van der Waals surface area contributed by atoms with Gasteiger partial charge in [-0.3, -0.25) is 4.79 Å². The highest BCUT2D eigenvalue weighted by Gasteiger charge is 2.68. The van der Waals surface area contributed by atoms with E-state index in [-0.39, 0.29) is 16.9 Å². The Hall–Kier alpha value is -3.07. The Morgan fingerprint density at radius 2 is 1.81 bits per heavy atom. The average Bonchev–Trinajstić information content (AvgIpc) is 3.16. The van der Waals surface area contributed by atoms with Gasteiger partial charge in [0.1, 0.15) is 5.58 Å². The molecule has 0 fully saturated rings. The second-order valence-electron chi connectivity index (χ2n) is 8.57. The number of para-hydroxylation sites is 1. The van der Waals surface area contributed by atoms with Gasteiger partial charge in [0.05, 0.1) is 18.6 Å². The minimum Gasteiger partial charge on any atom is -0.493 e.